The molecule has 0 radical (unpaired) electrons. The number of methoxy groups -OCH3 is 4. The third kappa shape index (κ3) is 6.65. The second kappa shape index (κ2) is 14.1. The first-order valence-electron chi connectivity index (χ1n) is 13.8. The monoisotopic (exact) mass is 591 g/mol. The number of ether oxygens (including phenoxy) is 4. The molecule has 1 heterocycles. The van der Waals surface area contributed by atoms with Crippen molar-refractivity contribution in [3.05, 3.63) is 76.1 Å². The fourth-order valence-corrected chi connectivity index (χ4v) is 5.74. The Labute approximate surface area is 250 Å². The van der Waals surface area contributed by atoms with E-state index in [-0.39, 0.29) is 11.5 Å². The van der Waals surface area contributed by atoms with Gasteiger partial charge in [0, 0.05) is 18.3 Å². The maximum atomic E-state index is 13.9. The fraction of sp³-hybridized carbons (Fsp3) is 0.344. The van der Waals surface area contributed by atoms with Crippen LogP contribution in [0.25, 0.3) is 10.9 Å². The van der Waals surface area contributed by atoms with E-state index in [4.69, 9.17) is 23.9 Å². The van der Waals surface area contributed by atoms with E-state index < -0.39 is 5.25 Å². The van der Waals surface area contributed by atoms with Crippen molar-refractivity contribution in [1.29, 1.82) is 0 Å². The van der Waals surface area contributed by atoms with Crippen molar-refractivity contribution in [2.24, 2.45) is 0 Å². The normalized spacial score (nSPS) is 11.7. The lowest BCUT2D eigenvalue weighted by molar-refractivity contribution is -0.115. The van der Waals surface area contributed by atoms with Gasteiger partial charge < -0.3 is 24.3 Å². The lowest BCUT2D eigenvalue weighted by Gasteiger charge is -2.19. The molecule has 42 heavy (non-hydrogen) atoms. The van der Waals surface area contributed by atoms with Gasteiger partial charge in [-0.1, -0.05) is 49.9 Å². The molecule has 1 aromatic heterocycles. The Bertz CT molecular complexity index is 1620. The first-order chi connectivity index (χ1) is 20.4. The molecule has 0 saturated heterocycles. The summed E-state index contributed by atoms with van der Waals surface area (Å²) in [6, 6.07) is 16.8. The molecule has 4 rings (SSSR count). The van der Waals surface area contributed by atoms with Gasteiger partial charge in [0.2, 0.25) is 5.91 Å². The number of para-hydroxylation sites is 1. The number of hydrogen-bond acceptors (Lipinski definition) is 8. The van der Waals surface area contributed by atoms with Gasteiger partial charge in [-0.05, 0) is 54.7 Å². The maximum absolute atomic E-state index is 13.9. The number of fused-ring (bicyclic) bond motifs is 1. The standard InChI is InChI=1S/C32H37N3O6S/c1-7-21-11-9-10-12-23(21)33-30(36)29(8-2)42-32-34-24-19-28(41-6)27(40-5)18-22(24)31(37)35(32)16-15-20-13-14-25(38-3)26(17-20)39-4/h9-14,17-19,29H,7-8,15-16H2,1-6H3,(H,33,36)/t29-/m0/s1. The first kappa shape index (κ1) is 30.8. The number of aryl methyl sites for hydroxylation is 2. The van der Waals surface area contributed by atoms with Crippen molar-refractivity contribution in [3.63, 3.8) is 0 Å². The van der Waals surface area contributed by atoms with Crippen LogP contribution in [0.5, 0.6) is 23.0 Å². The molecular weight excluding hydrogens is 554 g/mol. The van der Waals surface area contributed by atoms with Gasteiger partial charge >= 0.3 is 0 Å². The largest absolute Gasteiger partial charge is 0.493 e. The molecule has 0 bridgehead atoms. The summed E-state index contributed by atoms with van der Waals surface area (Å²) < 4.78 is 23.4. The van der Waals surface area contributed by atoms with E-state index in [9.17, 15) is 9.59 Å². The predicted octanol–water partition coefficient (Wildman–Crippen LogP) is 5.75. The molecule has 0 fully saturated rings. The highest BCUT2D eigenvalue weighted by Crippen LogP contribution is 2.33. The predicted molar refractivity (Wildman–Crippen MR) is 167 cm³/mol. The molecule has 10 heteroatoms. The van der Waals surface area contributed by atoms with E-state index in [1.165, 1.54) is 26.0 Å². The van der Waals surface area contributed by atoms with Crippen LogP contribution in [0.4, 0.5) is 5.69 Å². The topological polar surface area (TPSA) is 101 Å². The van der Waals surface area contributed by atoms with Gasteiger partial charge in [-0.2, -0.15) is 0 Å². The first-order valence-corrected chi connectivity index (χ1v) is 14.7. The van der Waals surface area contributed by atoms with Gasteiger partial charge in [-0.15, -0.1) is 0 Å². The quantitative estimate of drug-likeness (QED) is 0.155. The van der Waals surface area contributed by atoms with Crippen LogP contribution >= 0.6 is 11.8 Å². The Kier molecular flexibility index (Phi) is 10.4. The van der Waals surface area contributed by atoms with Crippen LogP contribution in [0.15, 0.2) is 64.5 Å². The molecule has 222 valence electrons. The van der Waals surface area contributed by atoms with Crippen LogP contribution in [0, 0.1) is 0 Å². The Morgan fingerprint density at radius 1 is 0.905 bits per heavy atom. The summed E-state index contributed by atoms with van der Waals surface area (Å²) in [6.45, 7) is 4.34. The van der Waals surface area contributed by atoms with Crippen LogP contribution in [0.2, 0.25) is 0 Å². The Balaban J connectivity index is 1.73. The lowest BCUT2D eigenvalue weighted by atomic mass is 10.1. The molecule has 1 amide bonds. The smallest absolute Gasteiger partial charge is 0.262 e. The molecule has 0 unspecified atom stereocenters. The van der Waals surface area contributed by atoms with Gasteiger partial charge in [0.05, 0.1) is 44.6 Å². The molecule has 0 spiro atoms. The summed E-state index contributed by atoms with van der Waals surface area (Å²) in [5.41, 5.74) is 3.05. The molecule has 3 aromatic carbocycles. The van der Waals surface area contributed by atoms with Crippen molar-refractivity contribution < 1.29 is 23.7 Å². The van der Waals surface area contributed by atoms with E-state index in [0.717, 1.165) is 23.2 Å². The maximum Gasteiger partial charge on any atom is 0.262 e. The Morgan fingerprint density at radius 3 is 2.24 bits per heavy atom. The molecule has 4 aromatic rings. The number of hydrogen-bond donors (Lipinski definition) is 1. The number of carbonyl (C=O) groups is 1. The highest BCUT2D eigenvalue weighted by Gasteiger charge is 2.23. The molecule has 1 atom stereocenters. The zero-order chi connectivity index (χ0) is 30.2. The highest BCUT2D eigenvalue weighted by atomic mass is 32.2. The number of amides is 1. The van der Waals surface area contributed by atoms with Gasteiger partial charge in [-0.3, -0.25) is 14.2 Å². The zero-order valence-corrected chi connectivity index (χ0v) is 25.7. The fourth-order valence-electron chi connectivity index (χ4n) is 4.71. The number of anilines is 1. The highest BCUT2D eigenvalue weighted by molar-refractivity contribution is 8.00. The number of nitrogens with zero attached hydrogens (tertiary/aromatic N) is 2. The average Bonchev–Trinajstić information content (AvgIpc) is 3.02. The van der Waals surface area contributed by atoms with Gasteiger partial charge in [-0.25, -0.2) is 4.98 Å². The number of aromatic nitrogens is 2. The summed E-state index contributed by atoms with van der Waals surface area (Å²) >= 11 is 1.28. The van der Waals surface area contributed by atoms with E-state index in [0.29, 0.717) is 58.4 Å². The molecule has 1 N–H and O–H groups in total. The number of benzene rings is 3. The minimum Gasteiger partial charge on any atom is -0.493 e. The van der Waals surface area contributed by atoms with Crippen LogP contribution in [0.1, 0.15) is 31.4 Å². The third-order valence-electron chi connectivity index (χ3n) is 7.06. The Hall–Kier alpha value is -4.18. The second-order valence-corrected chi connectivity index (χ2v) is 10.7. The van der Waals surface area contributed by atoms with Gasteiger partial charge in [0.1, 0.15) is 0 Å². The molecule has 9 nitrogen and oxygen atoms in total. The van der Waals surface area contributed by atoms with Crippen LogP contribution in [-0.2, 0) is 24.2 Å². The minimum absolute atomic E-state index is 0.142. The average molecular weight is 592 g/mol. The minimum atomic E-state index is -0.480. The number of thioether (sulfide) groups is 1. The van der Waals surface area contributed by atoms with Crippen molar-refractivity contribution >= 4 is 34.3 Å². The van der Waals surface area contributed by atoms with Gasteiger partial charge in [0.25, 0.3) is 5.56 Å². The number of rotatable bonds is 13. The molecule has 0 aliphatic carbocycles. The van der Waals surface area contributed by atoms with Crippen LogP contribution in [-0.4, -0.2) is 49.1 Å². The summed E-state index contributed by atoms with van der Waals surface area (Å²) in [5.74, 6) is 2.01. The summed E-state index contributed by atoms with van der Waals surface area (Å²) in [4.78, 5) is 32.3. The molecule has 0 aliphatic heterocycles. The molecule has 0 saturated carbocycles. The van der Waals surface area contributed by atoms with E-state index in [2.05, 4.69) is 12.2 Å². The van der Waals surface area contributed by atoms with E-state index in [1.54, 1.807) is 30.9 Å². The van der Waals surface area contributed by atoms with Crippen molar-refractivity contribution in [1.82, 2.24) is 9.55 Å². The van der Waals surface area contributed by atoms with Crippen molar-refractivity contribution in [2.45, 2.75) is 50.1 Å². The number of nitrogens with one attached hydrogen (secondary N) is 1. The van der Waals surface area contributed by atoms with Crippen molar-refractivity contribution in [3.8, 4) is 23.0 Å². The van der Waals surface area contributed by atoms with Crippen molar-refractivity contribution in [2.75, 3.05) is 33.8 Å². The van der Waals surface area contributed by atoms with Crippen LogP contribution in [0.3, 0.4) is 0 Å². The van der Waals surface area contributed by atoms with E-state index >= 15 is 0 Å². The summed E-state index contributed by atoms with van der Waals surface area (Å²) in [5, 5.41) is 3.45. The van der Waals surface area contributed by atoms with Gasteiger partial charge in [0.15, 0.2) is 28.2 Å². The second-order valence-electron chi connectivity index (χ2n) is 9.53. The SMILES string of the molecule is CCc1ccccc1NC(=O)[C@H](CC)Sc1nc2cc(OC)c(OC)cc2c(=O)n1CCc1ccc(OC)c(OC)c1. The third-order valence-corrected chi connectivity index (χ3v) is 8.42. The number of carbonyl (C=O) groups excluding carboxylic acids is 1. The lowest BCUT2D eigenvalue weighted by Crippen LogP contribution is -2.29. The molecule has 0 aliphatic rings. The summed E-state index contributed by atoms with van der Waals surface area (Å²) in [7, 11) is 6.24. The summed E-state index contributed by atoms with van der Waals surface area (Å²) in [6.07, 6.45) is 1.87. The zero-order valence-electron chi connectivity index (χ0n) is 24.9. The van der Waals surface area contributed by atoms with Crippen LogP contribution < -0.4 is 29.8 Å². The molecular formula is C32H37N3O6S. The van der Waals surface area contributed by atoms with E-state index in [1.807, 2.05) is 49.4 Å². The Morgan fingerprint density at radius 2 is 1.57 bits per heavy atom.